The Labute approximate surface area is 66.8 Å². The summed E-state index contributed by atoms with van der Waals surface area (Å²) in [5, 5.41) is 0. The Hall–Kier alpha value is -0.150. The molecule has 0 aromatic carbocycles. The molecule has 1 unspecified atom stereocenters. The molecule has 0 aliphatic heterocycles. The zero-order chi connectivity index (χ0) is 7.98. The lowest BCUT2D eigenvalue weighted by Crippen LogP contribution is -2.23. The third-order valence-corrected chi connectivity index (χ3v) is 1.95. The molecule has 1 atom stereocenters. The van der Waals surface area contributed by atoms with Gasteiger partial charge in [0.15, 0.2) is 0 Å². The van der Waals surface area contributed by atoms with Crippen LogP contribution in [-0.2, 0) is 4.74 Å². The molecule has 3 heteroatoms. The molecule has 0 aromatic heterocycles. The summed E-state index contributed by atoms with van der Waals surface area (Å²) < 4.78 is 4.88. The quantitative estimate of drug-likeness (QED) is 0.616. The molecule has 0 saturated carbocycles. The fourth-order valence-corrected chi connectivity index (χ4v) is 1.05. The molecule has 0 bridgehead atoms. The fraction of sp³-hybridized carbons (Fsp3) is 0.714. The second kappa shape index (κ2) is 5.62. The largest absolute Gasteiger partial charge is 0.500 e. The van der Waals surface area contributed by atoms with E-state index in [1.807, 2.05) is 0 Å². The van der Waals surface area contributed by atoms with Crippen molar-refractivity contribution in [3.63, 3.8) is 0 Å². The summed E-state index contributed by atoms with van der Waals surface area (Å²) >= 11 is 1.78. The van der Waals surface area contributed by atoms with Gasteiger partial charge in [0.05, 0.1) is 13.2 Å². The van der Waals surface area contributed by atoms with E-state index in [1.165, 1.54) is 0 Å². The molecule has 0 aliphatic rings. The van der Waals surface area contributed by atoms with Gasteiger partial charge in [-0.1, -0.05) is 6.58 Å². The maximum Gasteiger partial charge on any atom is 0.105 e. The third-order valence-electron chi connectivity index (χ3n) is 1.31. The highest BCUT2D eigenvalue weighted by molar-refractivity contribution is 7.98. The van der Waals surface area contributed by atoms with Crippen LogP contribution in [0, 0.1) is 0 Å². The zero-order valence-corrected chi connectivity index (χ0v) is 7.41. The number of hydrogen-bond acceptors (Lipinski definition) is 3. The van der Waals surface area contributed by atoms with Crippen molar-refractivity contribution in [3.05, 3.63) is 12.3 Å². The molecule has 0 saturated heterocycles. The molecule has 0 amide bonds. The minimum Gasteiger partial charge on any atom is -0.500 e. The maximum atomic E-state index is 5.68. The molecule has 0 radical (unpaired) electrons. The summed E-state index contributed by atoms with van der Waals surface area (Å²) in [6.45, 7) is 3.67. The summed E-state index contributed by atoms with van der Waals surface area (Å²) in [5.74, 6) is 1.73. The van der Waals surface area contributed by atoms with E-state index in [2.05, 4.69) is 12.8 Å². The minimum absolute atomic E-state index is 0.00236. The van der Waals surface area contributed by atoms with Gasteiger partial charge in [0.2, 0.25) is 0 Å². The van der Waals surface area contributed by atoms with Crippen molar-refractivity contribution in [1.29, 1.82) is 0 Å². The van der Waals surface area contributed by atoms with E-state index in [9.17, 15) is 0 Å². The Morgan fingerprint density at radius 3 is 2.80 bits per heavy atom. The van der Waals surface area contributed by atoms with Gasteiger partial charge in [-0.15, -0.1) is 0 Å². The van der Waals surface area contributed by atoms with Crippen LogP contribution in [0.4, 0.5) is 0 Å². The second-order valence-corrected chi connectivity index (χ2v) is 3.04. The number of thioether (sulfide) groups is 1. The van der Waals surface area contributed by atoms with Crippen molar-refractivity contribution in [2.75, 3.05) is 19.1 Å². The van der Waals surface area contributed by atoms with Gasteiger partial charge in [0.1, 0.15) is 5.76 Å². The zero-order valence-electron chi connectivity index (χ0n) is 6.59. The summed E-state index contributed by atoms with van der Waals surface area (Å²) in [7, 11) is 1.60. The average molecular weight is 161 g/mol. The molecule has 0 aromatic rings. The number of hydrogen-bond donors (Lipinski definition) is 1. The molecule has 0 aliphatic carbocycles. The van der Waals surface area contributed by atoms with Gasteiger partial charge in [-0.3, -0.25) is 0 Å². The summed E-state index contributed by atoms with van der Waals surface area (Å²) in [5.41, 5.74) is 5.68. The van der Waals surface area contributed by atoms with E-state index in [0.29, 0.717) is 5.76 Å². The van der Waals surface area contributed by atoms with Crippen molar-refractivity contribution in [3.8, 4) is 0 Å². The standard InChI is InChI=1S/C7H15NOS/c1-6(9-2)7(8)4-5-10-3/h7H,1,4-5,8H2,2-3H3. The Morgan fingerprint density at radius 1 is 1.80 bits per heavy atom. The van der Waals surface area contributed by atoms with Gasteiger partial charge in [0, 0.05) is 0 Å². The number of nitrogens with two attached hydrogens (primary N) is 1. The van der Waals surface area contributed by atoms with E-state index >= 15 is 0 Å². The molecular weight excluding hydrogens is 146 g/mol. The van der Waals surface area contributed by atoms with Gasteiger partial charge in [-0.2, -0.15) is 11.8 Å². The summed E-state index contributed by atoms with van der Waals surface area (Å²) in [6, 6.07) is -0.00236. The third kappa shape index (κ3) is 3.80. The van der Waals surface area contributed by atoms with E-state index in [0.717, 1.165) is 12.2 Å². The Balaban J connectivity index is 3.41. The molecule has 10 heavy (non-hydrogen) atoms. The van der Waals surface area contributed by atoms with Gasteiger partial charge in [0.25, 0.3) is 0 Å². The summed E-state index contributed by atoms with van der Waals surface area (Å²) in [4.78, 5) is 0. The van der Waals surface area contributed by atoms with E-state index in [4.69, 9.17) is 10.5 Å². The van der Waals surface area contributed by atoms with Crippen molar-refractivity contribution in [2.45, 2.75) is 12.5 Å². The SMILES string of the molecule is C=C(OC)C(N)CCSC. The monoisotopic (exact) mass is 161 g/mol. The lowest BCUT2D eigenvalue weighted by Gasteiger charge is -2.11. The number of rotatable bonds is 5. The van der Waals surface area contributed by atoms with Crippen molar-refractivity contribution in [2.24, 2.45) is 5.73 Å². The Kier molecular flexibility index (Phi) is 5.54. The average Bonchev–Trinajstić information content (AvgIpc) is 1.98. The van der Waals surface area contributed by atoms with Crippen LogP contribution in [0.25, 0.3) is 0 Å². The first-order valence-corrected chi connectivity index (χ1v) is 4.59. The van der Waals surface area contributed by atoms with Crippen molar-refractivity contribution in [1.82, 2.24) is 0 Å². The first-order chi connectivity index (χ1) is 4.72. The normalized spacial score (nSPS) is 12.7. The highest BCUT2D eigenvalue weighted by Gasteiger charge is 2.05. The highest BCUT2D eigenvalue weighted by atomic mass is 32.2. The number of methoxy groups -OCH3 is 1. The maximum absolute atomic E-state index is 5.68. The molecule has 0 fully saturated rings. The van der Waals surface area contributed by atoms with Gasteiger partial charge < -0.3 is 10.5 Å². The van der Waals surface area contributed by atoms with E-state index in [-0.39, 0.29) is 6.04 Å². The van der Waals surface area contributed by atoms with Crippen LogP contribution in [0.5, 0.6) is 0 Å². The topological polar surface area (TPSA) is 35.2 Å². The molecular formula is C7H15NOS. The lowest BCUT2D eigenvalue weighted by molar-refractivity contribution is 0.265. The van der Waals surface area contributed by atoms with Crippen LogP contribution in [0.15, 0.2) is 12.3 Å². The first-order valence-electron chi connectivity index (χ1n) is 3.19. The molecule has 0 rings (SSSR count). The van der Waals surface area contributed by atoms with E-state index in [1.54, 1.807) is 18.9 Å². The lowest BCUT2D eigenvalue weighted by atomic mass is 10.2. The fourth-order valence-electron chi connectivity index (χ4n) is 0.557. The van der Waals surface area contributed by atoms with Crippen molar-refractivity contribution >= 4 is 11.8 Å². The first kappa shape index (κ1) is 9.85. The van der Waals surface area contributed by atoms with Crippen LogP contribution >= 0.6 is 11.8 Å². The molecule has 2 nitrogen and oxygen atoms in total. The van der Waals surface area contributed by atoms with Crippen molar-refractivity contribution < 1.29 is 4.74 Å². The number of ether oxygens (including phenoxy) is 1. The van der Waals surface area contributed by atoms with Crippen LogP contribution in [0.3, 0.4) is 0 Å². The van der Waals surface area contributed by atoms with Gasteiger partial charge in [-0.05, 0) is 18.4 Å². The molecule has 0 spiro atoms. The van der Waals surface area contributed by atoms with Crippen LogP contribution in [-0.4, -0.2) is 25.2 Å². The Morgan fingerprint density at radius 2 is 2.40 bits per heavy atom. The van der Waals surface area contributed by atoms with Crippen LogP contribution < -0.4 is 5.73 Å². The van der Waals surface area contributed by atoms with Crippen LogP contribution in [0.2, 0.25) is 0 Å². The summed E-state index contributed by atoms with van der Waals surface area (Å²) in [6.07, 6.45) is 3.00. The molecule has 0 heterocycles. The Bertz CT molecular complexity index is 106. The van der Waals surface area contributed by atoms with Gasteiger partial charge in [-0.25, -0.2) is 0 Å². The smallest absolute Gasteiger partial charge is 0.105 e. The molecule has 60 valence electrons. The highest BCUT2D eigenvalue weighted by Crippen LogP contribution is 2.05. The molecule has 2 N–H and O–H groups in total. The minimum atomic E-state index is -0.00236. The van der Waals surface area contributed by atoms with Crippen LogP contribution in [0.1, 0.15) is 6.42 Å². The predicted octanol–water partition coefficient (Wildman–Crippen LogP) is 1.23. The predicted molar refractivity (Wildman–Crippen MR) is 47.1 cm³/mol. The second-order valence-electron chi connectivity index (χ2n) is 2.06. The van der Waals surface area contributed by atoms with Gasteiger partial charge >= 0.3 is 0 Å². The van der Waals surface area contributed by atoms with E-state index < -0.39 is 0 Å².